The Balaban J connectivity index is 1.46. The van der Waals surface area contributed by atoms with Gasteiger partial charge in [-0.15, -0.1) is 0 Å². The Morgan fingerprint density at radius 2 is 1.47 bits per heavy atom. The molecule has 0 unspecified atom stereocenters. The predicted octanol–water partition coefficient (Wildman–Crippen LogP) is 4.82. The third-order valence-corrected chi connectivity index (χ3v) is 9.16. The molecule has 184 valence electrons. The van der Waals surface area contributed by atoms with E-state index in [2.05, 4.69) is 16.3 Å². The number of carbonyl (C=O) groups is 1. The Kier molecular flexibility index (Phi) is 8.64. The van der Waals surface area contributed by atoms with E-state index in [0.717, 1.165) is 50.9 Å². The third-order valence-electron chi connectivity index (χ3n) is 6.78. The number of carbonyl (C=O) groups excluding carboxylic acids is 1. The zero-order valence-electron chi connectivity index (χ0n) is 19.6. The first-order valence-corrected chi connectivity index (χ1v) is 14.1. The molecule has 1 N–H and O–H groups in total. The maximum absolute atomic E-state index is 13.3. The van der Waals surface area contributed by atoms with Crippen LogP contribution in [-0.4, -0.2) is 49.7 Å². The largest absolute Gasteiger partial charge is 0.348 e. The molecule has 1 amide bonds. The fraction of sp³-hybridized carbons (Fsp3) is 0.500. The monoisotopic (exact) mass is 503 g/mol. The molecule has 2 saturated heterocycles. The first kappa shape index (κ1) is 25.2. The average molecular weight is 504 g/mol. The fourth-order valence-electron chi connectivity index (χ4n) is 4.78. The minimum absolute atomic E-state index is 0.00853. The van der Waals surface area contributed by atoms with E-state index in [9.17, 15) is 13.2 Å². The van der Waals surface area contributed by atoms with Crippen molar-refractivity contribution in [2.75, 3.05) is 26.2 Å². The van der Waals surface area contributed by atoms with Crippen LogP contribution in [0.3, 0.4) is 0 Å². The van der Waals surface area contributed by atoms with Crippen LogP contribution in [0.2, 0.25) is 5.02 Å². The van der Waals surface area contributed by atoms with Gasteiger partial charge in [0.15, 0.2) is 0 Å². The van der Waals surface area contributed by atoms with Crippen molar-refractivity contribution in [3.63, 3.8) is 0 Å². The molecule has 2 heterocycles. The minimum Gasteiger partial charge on any atom is -0.348 e. The van der Waals surface area contributed by atoms with E-state index >= 15 is 0 Å². The molecule has 6 nitrogen and oxygen atoms in total. The molecule has 2 aromatic carbocycles. The molecule has 34 heavy (non-hydrogen) atoms. The molecule has 0 atom stereocenters. The standard InChI is InChI=1S/C26H34ClN3O3S/c27-24-13-12-21(18-25(24)34(32,33)30-16-8-1-2-9-17-30)26(31)28-19-22-10-4-5-11-23(22)20-29-14-6-3-7-15-29/h4-5,10-13,18H,1-3,6-9,14-17,19-20H2,(H,28,31). The second-order valence-corrected chi connectivity index (χ2v) is 11.6. The molecule has 4 rings (SSSR count). The predicted molar refractivity (Wildman–Crippen MR) is 135 cm³/mol. The number of hydrogen-bond acceptors (Lipinski definition) is 4. The van der Waals surface area contributed by atoms with Crippen LogP contribution in [0.4, 0.5) is 0 Å². The smallest absolute Gasteiger partial charge is 0.251 e. The molecule has 0 aromatic heterocycles. The number of nitrogens with one attached hydrogen (secondary N) is 1. The highest BCUT2D eigenvalue weighted by Gasteiger charge is 2.28. The highest BCUT2D eigenvalue weighted by atomic mass is 35.5. The summed E-state index contributed by atoms with van der Waals surface area (Å²) in [5.74, 6) is -0.309. The van der Waals surface area contributed by atoms with E-state index in [-0.39, 0.29) is 15.8 Å². The molecule has 0 radical (unpaired) electrons. The number of amides is 1. The summed E-state index contributed by atoms with van der Waals surface area (Å²) in [6.07, 6.45) is 7.51. The van der Waals surface area contributed by atoms with Crippen LogP contribution in [0.25, 0.3) is 0 Å². The Morgan fingerprint density at radius 1 is 0.853 bits per heavy atom. The van der Waals surface area contributed by atoms with Crippen molar-refractivity contribution < 1.29 is 13.2 Å². The van der Waals surface area contributed by atoms with Crippen molar-refractivity contribution in [2.24, 2.45) is 0 Å². The van der Waals surface area contributed by atoms with Gasteiger partial charge in [-0.1, -0.05) is 55.1 Å². The summed E-state index contributed by atoms with van der Waals surface area (Å²) >= 11 is 6.29. The van der Waals surface area contributed by atoms with Crippen molar-refractivity contribution in [3.8, 4) is 0 Å². The zero-order chi connectivity index (χ0) is 24.0. The van der Waals surface area contributed by atoms with Gasteiger partial charge in [-0.25, -0.2) is 8.42 Å². The molecule has 2 aliphatic heterocycles. The van der Waals surface area contributed by atoms with Crippen LogP contribution in [0.5, 0.6) is 0 Å². The van der Waals surface area contributed by atoms with Gasteiger partial charge in [0.05, 0.1) is 5.02 Å². The summed E-state index contributed by atoms with van der Waals surface area (Å²) in [4.78, 5) is 15.4. The van der Waals surface area contributed by atoms with Crippen molar-refractivity contribution in [3.05, 3.63) is 64.2 Å². The van der Waals surface area contributed by atoms with Gasteiger partial charge in [0.1, 0.15) is 4.90 Å². The highest BCUT2D eigenvalue weighted by molar-refractivity contribution is 7.89. The van der Waals surface area contributed by atoms with Gasteiger partial charge < -0.3 is 5.32 Å². The van der Waals surface area contributed by atoms with E-state index < -0.39 is 10.0 Å². The van der Waals surface area contributed by atoms with Crippen molar-refractivity contribution in [1.82, 2.24) is 14.5 Å². The maximum Gasteiger partial charge on any atom is 0.251 e. The van der Waals surface area contributed by atoms with Crippen LogP contribution < -0.4 is 5.32 Å². The van der Waals surface area contributed by atoms with Crippen LogP contribution in [0.15, 0.2) is 47.4 Å². The SMILES string of the molecule is O=C(NCc1ccccc1CN1CCCCC1)c1ccc(Cl)c(S(=O)(=O)N2CCCCCC2)c1. The molecule has 0 saturated carbocycles. The molecule has 2 aliphatic rings. The number of halogens is 1. The van der Waals surface area contributed by atoms with Crippen LogP contribution in [0, 0.1) is 0 Å². The number of rotatable bonds is 7. The first-order chi connectivity index (χ1) is 16.4. The van der Waals surface area contributed by atoms with Crippen LogP contribution in [0.1, 0.15) is 66.4 Å². The Bertz CT molecular complexity index is 1090. The zero-order valence-corrected chi connectivity index (χ0v) is 21.2. The molecular weight excluding hydrogens is 470 g/mol. The highest BCUT2D eigenvalue weighted by Crippen LogP contribution is 2.28. The van der Waals surface area contributed by atoms with Gasteiger partial charge in [0.25, 0.3) is 5.91 Å². The molecule has 0 spiro atoms. The lowest BCUT2D eigenvalue weighted by atomic mass is 10.0. The van der Waals surface area contributed by atoms with Gasteiger partial charge >= 0.3 is 0 Å². The Labute approximate surface area is 208 Å². The summed E-state index contributed by atoms with van der Waals surface area (Å²) in [5, 5.41) is 3.12. The number of nitrogens with zero attached hydrogens (tertiary/aromatic N) is 2. The summed E-state index contributed by atoms with van der Waals surface area (Å²) < 4.78 is 28.0. The van der Waals surface area contributed by atoms with E-state index in [4.69, 9.17) is 11.6 Å². The van der Waals surface area contributed by atoms with E-state index in [1.165, 1.54) is 41.3 Å². The number of sulfonamides is 1. The Hall–Kier alpha value is -1.93. The quantitative estimate of drug-likeness (QED) is 0.588. The van der Waals surface area contributed by atoms with E-state index in [1.54, 1.807) is 6.07 Å². The van der Waals surface area contributed by atoms with Crippen molar-refractivity contribution in [1.29, 1.82) is 0 Å². The fourth-order valence-corrected chi connectivity index (χ4v) is 6.80. The second-order valence-electron chi connectivity index (χ2n) is 9.25. The summed E-state index contributed by atoms with van der Waals surface area (Å²) in [5.41, 5.74) is 2.59. The third kappa shape index (κ3) is 6.19. The topological polar surface area (TPSA) is 69.7 Å². The van der Waals surface area contributed by atoms with Gasteiger partial charge in [0, 0.05) is 31.7 Å². The minimum atomic E-state index is -3.75. The lowest BCUT2D eigenvalue weighted by Gasteiger charge is -2.27. The van der Waals surface area contributed by atoms with Crippen molar-refractivity contribution >= 4 is 27.5 Å². The number of piperidine rings is 1. The molecular formula is C26H34ClN3O3S. The van der Waals surface area contributed by atoms with Crippen LogP contribution in [-0.2, 0) is 23.1 Å². The molecule has 0 bridgehead atoms. The molecule has 2 aromatic rings. The number of hydrogen-bond donors (Lipinski definition) is 1. The lowest BCUT2D eigenvalue weighted by molar-refractivity contribution is 0.0950. The average Bonchev–Trinajstić information content (AvgIpc) is 3.14. The summed E-state index contributed by atoms with van der Waals surface area (Å²) in [7, 11) is -3.75. The van der Waals surface area contributed by atoms with Crippen LogP contribution >= 0.6 is 11.6 Å². The van der Waals surface area contributed by atoms with Gasteiger partial charge in [-0.2, -0.15) is 4.31 Å². The van der Waals surface area contributed by atoms with E-state index in [1.807, 2.05) is 18.2 Å². The number of benzene rings is 2. The first-order valence-electron chi connectivity index (χ1n) is 12.3. The summed E-state index contributed by atoms with van der Waals surface area (Å²) in [6, 6.07) is 12.7. The summed E-state index contributed by atoms with van der Waals surface area (Å²) in [6.45, 7) is 4.47. The maximum atomic E-state index is 13.3. The lowest BCUT2D eigenvalue weighted by Crippen LogP contribution is -2.32. The molecule has 0 aliphatic carbocycles. The van der Waals surface area contributed by atoms with Gasteiger partial charge in [-0.3, -0.25) is 9.69 Å². The van der Waals surface area contributed by atoms with Gasteiger partial charge in [-0.05, 0) is 68.1 Å². The molecule has 8 heteroatoms. The van der Waals surface area contributed by atoms with E-state index in [0.29, 0.717) is 25.2 Å². The second kappa shape index (κ2) is 11.7. The normalized spacial score (nSPS) is 18.4. The Morgan fingerprint density at radius 3 is 2.18 bits per heavy atom. The van der Waals surface area contributed by atoms with Crippen molar-refractivity contribution in [2.45, 2.75) is 62.9 Å². The number of likely N-dealkylation sites (tertiary alicyclic amines) is 1. The molecule has 2 fully saturated rings. The van der Waals surface area contributed by atoms with Gasteiger partial charge in [0.2, 0.25) is 10.0 Å².